The molecular formula is C18H21NO3. The fourth-order valence-corrected chi connectivity index (χ4v) is 2.29. The van der Waals surface area contributed by atoms with Gasteiger partial charge in [-0.3, -0.25) is 4.90 Å². The molecule has 0 fully saturated rings. The van der Waals surface area contributed by atoms with Crippen molar-refractivity contribution < 1.29 is 14.6 Å². The second-order valence-electron chi connectivity index (χ2n) is 5.34. The second kappa shape index (κ2) is 7.73. The van der Waals surface area contributed by atoms with Crippen LogP contribution in [0, 0.1) is 0 Å². The van der Waals surface area contributed by atoms with E-state index in [0.29, 0.717) is 5.56 Å². The number of benzene rings is 2. The van der Waals surface area contributed by atoms with Crippen molar-refractivity contribution in [2.24, 2.45) is 0 Å². The molecule has 0 bridgehead atoms. The molecule has 0 spiro atoms. The average Bonchev–Trinajstić information content (AvgIpc) is 2.55. The Kier molecular flexibility index (Phi) is 5.69. The van der Waals surface area contributed by atoms with Gasteiger partial charge in [-0.2, -0.15) is 0 Å². The zero-order chi connectivity index (χ0) is 15.9. The van der Waals surface area contributed by atoms with E-state index in [9.17, 15) is 4.79 Å². The van der Waals surface area contributed by atoms with Gasteiger partial charge < -0.3 is 9.84 Å². The van der Waals surface area contributed by atoms with Gasteiger partial charge in [0, 0.05) is 13.1 Å². The number of methoxy groups -OCH3 is 1. The summed E-state index contributed by atoms with van der Waals surface area (Å²) >= 11 is 0. The van der Waals surface area contributed by atoms with E-state index in [-0.39, 0.29) is 12.6 Å². The summed E-state index contributed by atoms with van der Waals surface area (Å²) in [5.74, 6) is -0.316. The second-order valence-corrected chi connectivity index (χ2v) is 5.34. The molecule has 2 aromatic carbocycles. The fraction of sp³-hybridized carbons (Fsp3) is 0.278. The molecule has 4 nitrogen and oxygen atoms in total. The van der Waals surface area contributed by atoms with Crippen LogP contribution in [0.15, 0.2) is 48.5 Å². The average molecular weight is 299 g/mol. The number of esters is 1. The smallest absolute Gasteiger partial charge is 0.337 e. The number of nitrogens with zero attached hydrogens (tertiary/aromatic N) is 1. The Morgan fingerprint density at radius 3 is 1.86 bits per heavy atom. The molecule has 116 valence electrons. The van der Waals surface area contributed by atoms with Crippen LogP contribution in [-0.4, -0.2) is 30.1 Å². The summed E-state index contributed by atoms with van der Waals surface area (Å²) in [4.78, 5) is 13.6. The number of carbonyl (C=O) groups is 1. The van der Waals surface area contributed by atoms with Crippen molar-refractivity contribution in [1.29, 1.82) is 0 Å². The number of carbonyl (C=O) groups excluding carboxylic acids is 1. The molecule has 0 aliphatic heterocycles. The summed E-state index contributed by atoms with van der Waals surface area (Å²) < 4.78 is 4.69. The number of ether oxygens (including phenoxy) is 1. The summed E-state index contributed by atoms with van der Waals surface area (Å²) in [6, 6.07) is 15.4. The van der Waals surface area contributed by atoms with E-state index < -0.39 is 0 Å². The standard InChI is InChI=1S/C18H21NO3/c1-19(11-14-3-5-16(13-20)6-4-14)12-15-7-9-17(10-8-15)18(21)22-2/h3-10,20H,11-13H2,1-2H3. The molecule has 0 amide bonds. The van der Waals surface area contributed by atoms with Crippen molar-refractivity contribution in [2.45, 2.75) is 19.7 Å². The van der Waals surface area contributed by atoms with Gasteiger partial charge in [0.05, 0.1) is 19.3 Å². The van der Waals surface area contributed by atoms with Crippen LogP contribution in [0.2, 0.25) is 0 Å². The summed E-state index contributed by atoms with van der Waals surface area (Å²) in [5, 5.41) is 9.04. The van der Waals surface area contributed by atoms with Crippen molar-refractivity contribution in [3.63, 3.8) is 0 Å². The van der Waals surface area contributed by atoms with Crippen molar-refractivity contribution in [2.75, 3.05) is 14.2 Å². The molecule has 0 aliphatic rings. The predicted molar refractivity (Wildman–Crippen MR) is 85.3 cm³/mol. The molecule has 0 heterocycles. The fourth-order valence-electron chi connectivity index (χ4n) is 2.29. The van der Waals surface area contributed by atoms with Crippen LogP contribution in [0.5, 0.6) is 0 Å². The normalized spacial score (nSPS) is 10.7. The van der Waals surface area contributed by atoms with Gasteiger partial charge in [0.25, 0.3) is 0 Å². The minimum atomic E-state index is -0.316. The van der Waals surface area contributed by atoms with E-state index in [2.05, 4.69) is 9.64 Å². The Morgan fingerprint density at radius 1 is 0.955 bits per heavy atom. The van der Waals surface area contributed by atoms with Crippen molar-refractivity contribution in [3.8, 4) is 0 Å². The quantitative estimate of drug-likeness (QED) is 0.833. The van der Waals surface area contributed by atoms with E-state index in [1.165, 1.54) is 12.7 Å². The third kappa shape index (κ3) is 4.41. The molecule has 2 rings (SSSR count). The summed E-state index contributed by atoms with van der Waals surface area (Å²) in [6.45, 7) is 1.69. The zero-order valence-corrected chi connectivity index (χ0v) is 13.0. The predicted octanol–water partition coefficient (Wildman–Crippen LogP) is 2.60. The molecule has 0 saturated carbocycles. The number of rotatable bonds is 6. The lowest BCUT2D eigenvalue weighted by atomic mass is 10.1. The van der Waals surface area contributed by atoms with Crippen LogP contribution < -0.4 is 0 Å². The molecule has 4 heteroatoms. The molecule has 0 unspecified atom stereocenters. The SMILES string of the molecule is COC(=O)c1ccc(CN(C)Cc2ccc(CO)cc2)cc1. The Bertz CT molecular complexity index is 605. The molecule has 1 N–H and O–H groups in total. The maximum absolute atomic E-state index is 11.4. The third-order valence-electron chi connectivity index (χ3n) is 3.49. The first kappa shape index (κ1) is 16.2. The maximum atomic E-state index is 11.4. The summed E-state index contributed by atoms with van der Waals surface area (Å²) in [6.07, 6.45) is 0. The van der Waals surface area contributed by atoms with Crippen LogP contribution in [0.25, 0.3) is 0 Å². The van der Waals surface area contributed by atoms with E-state index in [1.54, 1.807) is 12.1 Å². The van der Waals surface area contributed by atoms with Gasteiger partial charge in [-0.1, -0.05) is 36.4 Å². The summed E-state index contributed by atoms with van der Waals surface area (Å²) in [7, 11) is 3.43. The van der Waals surface area contributed by atoms with E-state index >= 15 is 0 Å². The molecule has 22 heavy (non-hydrogen) atoms. The van der Waals surface area contributed by atoms with Crippen molar-refractivity contribution in [3.05, 3.63) is 70.8 Å². The van der Waals surface area contributed by atoms with Gasteiger partial charge in [0.1, 0.15) is 0 Å². The van der Waals surface area contributed by atoms with Gasteiger partial charge in [-0.25, -0.2) is 4.79 Å². The number of hydrogen-bond acceptors (Lipinski definition) is 4. The van der Waals surface area contributed by atoms with Gasteiger partial charge in [-0.15, -0.1) is 0 Å². The Labute approximate surface area is 131 Å². The van der Waals surface area contributed by atoms with Gasteiger partial charge >= 0.3 is 5.97 Å². The lowest BCUT2D eigenvalue weighted by Crippen LogP contribution is -2.17. The Morgan fingerprint density at radius 2 is 1.41 bits per heavy atom. The highest BCUT2D eigenvalue weighted by Crippen LogP contribution is 2.11. The highest BCUT2D eigenvalue weighted by molar-refractivity contribution is 5.89. The number of hydrogen-bond donors (Lipinski definition) is 1. The van der Waals surface area contributed by atoms with Crippen LogP contribution in [-0.2, 0) is 24.4 Å². The van der Waals surface area contributed by atoms with Gasteiger partial charge in [0.15, 0.2) is 0 Å². The third-order valence-corrected chi connectivity index (χ3v) is 3.49. The minimum Gasteiger partial charge on any atom is -0.465 e. The molecule has 0 radical (unpaired) electrons. The Balaban J connectivity index is 1.93. The van der Waals surface area contributed by atoms with Gasteiger partial charge in [0.2, 0.25) is 0 Å². The van der Waals surface area contributed by atoms with Crippen molar-refractivity contribution >= 4 is 5.97 Å². The van der Waals surface area contributed by atoms with E-state index in [4.69, 9.17) is 5.11 Å². The monoisotopic (exact) mass is 299 g/mol. The topological polar surface area (TPSA) is 49.8 Å². The number of aliphatic hydroxyl groups is 1. The Hall–Kier alpha value is -2.17. The highest BCUT2D eigenvalue weighted by atomic mass is 16.5. The molecular weight excluding hydrogens is 278 g/mol. The molecule has 2 aromatic rings. The van der Waals surface area contributed by atoms with Crippen LogP contribution in [0.4, 0.5) is 0 Å². The van der Waals surface area contributed by atoms with Crippen LogP contribution in [0.3, 0.4) is 0 Å². The van der Waals surface area contributed by atoms with E-state index in [0.717, 1.165) is 24.2 Å². The lowest BCUT2D eigenvalue weighted by molar-refractivity contribution is 0.0600. The summed E-state index contributed by atoms with van der Waals surface area (Å²) in [5.41, 5.74) is 3.83. The largest absolute Gasteiger partial charge is 0.465 e. The van der Waals surface area contributed by atoms with Crippen LogP contribution >= 0.6 is 0 Å². The lowest BCUT2D eigenvalue weighted by Gasteiger charge is -2.17. The highest BCUT2D eigenvalue weighted by Gasteiger charge is 2.06. The first-order valence-electron chi connectivity index (χ1n) is 7.17. The molecule has 0 atom stereocenters. The maximum Gasteiger partial charge on any atom is 0.337 e. The van der Waals surface area contributed by atoms with E-state index in [1.807, 2.05) is 43.4 Å². The molecule has 0 saturated heterocycles. The first-order chi connectivity index (χ1) is 10.6. The molecule has 0 aliphatic carbocycles. The van der Waals surface area contributed by atoms with Crippen LogP contribution in [0.1, 0.15) is 27.0 Å². The number of aliphatic hydroxyl groups excluding tert-OH is 1. The zero-order valence-electron chi connectivity index (χ0n) is 13.0. The first-order valence-corrected chi connectivity index (χ1v) is 7.17. The van der Waals surface area contributed by atoms with Gasteiger partial charge in [-0.05, 0) is 35.9 Å². The van der Waals surface area contributed by atoms with Crippen molar-refractivity contribution in [1.82, 2.24) is 4.90 Å². The molecule has 0 aromatic heterocycles. The minimum absolute atomic E-state index is 0.0721.